The number of amides is 1. The summed E-state index contributed by atoms with van der Waals surface area (Å²) in [5.74, 6) is -0.866. The van der Waals surface area contributed by atoms with Gasteiger partial charge in [0.2, 0.25) is 0 Å². The molecule has 3 rings (SSSR count). The average Bonchev–Trinajstić information content (AvgIpc) is 3.02. The molecule has 0 aliphatic heterocycles. The second-order valence-corrected chi connectivity index (χ2v) is 6.79. The zero-order valence-corrected chi connectivity index (χ0v) is 15.9. The van der Waals surface area contributed by atoms with Crippen LogP contribution in [-0.4, -0.2) is 18.0 Å². The Morgan fingerprint density at radius 3 is 2.74 bits per heavy atom. The van der Waals surface area contributed by atoms with Crippen molar-refractivity contribution in [2.45, 2.75) is 32.9 Å². The van der Waals surface area contributed by atoms with Gasteiger partial charge in [-0.05, 0) is 37.1 Å². The normalized spacial score (nSPS) is 12.0. The highest BCUT2D eigenvalue weighted by atomic mass is 35.5. The summed E-state index contributed by atoms with van der Waals surface area (Å²) < 4.78 is 10.7. The quantitative estimate of drug-likeness (QED) is 0.646. The molecule has 0 bridgehead atoms. The van der Waals surface area contributed by atoms with Gasteiger partial charge in [-0.2, -0.15) is 0 Å². The third-order valence-electron chi connectivity index (χ3n) is 4.23. The van der Waals surface area contributed by atoms with Crippen molar-refractivity contribution in [2.75, 3.05) is 0 Å². The summed E-state index contributed by atoms with van der Waals surface area (Å²) >= 11 is 6.06. The van der Waals surface area contributed by atoms with E-state index in [1.807, 2.05) is 43.3 Å². The number of benzene rings is 2. The van der Waals surface area contributed by atoms with E-state index in [-0.39, 0.29) is 18.9 Å². The molecular weight excluding hydrogens is 366 g/mol. The van der Waals surface area contributed by atoms with Crippen molar-refractivity contribution < 1.29 is 18.7 Å². The number of fused-ring (bicyclic) bond motifs is 1. The van der Waals surface area contributed by atoms with Crippen LogP contribution in [-0.2, 0) is 27.3 Å². The van der Waals surface area contributed by atoms with Gasteiger partial charge in [0.25, 0.3) is 5.91 Å². The van der Waals surface area contributed by atoms with Gasteiger partial charge in [0.05, 0.1) is 12.7 Å². The lowest BCUT2D eigenvalue weighted by molar-refractivity contribution is -0.154. The summed E-state index contributed by atoms with van der Waals surface area (Å²) in [5, 5.41) is 4.16. The molecule has 0 aliphatic carbocycles. The third-order valence-corrected chi connectivity index (χ3v) is 4.60. The molecule has 0 unspecified atom stereocenters. The zero-order chi connectivity index (χ0) is 19.4. The van der Waals surface area contributed by atoms with E-state index in [9.17, 15) is 9.59 Å². The van der Waals surface area contributed by atoms with Crippen LogP contribution in [0.5, 0.6) is 0 Å². The molecule has 1 aromatic heterocycles. The SMILES string of the molecule is Cc1ccc2c(CC(=O)O[C@H](C)C(=O)NCc3ccccc3Cl)coc2c1. The van der Waals surface area contributed by atoms with Crippen LogP contribution in [0, 0.1) is 6.92 Å². The minimum atomic E-state index is -0.902. The first-order valence-electron chi connectivity index (χ1n) is 8.61. The number of esters is 1. The van der Waals surface area contributed by atoms with Crippen LogP contribution in [0.25, 0.3) is 11.0 Å². The molecule has 1 N–H and O–H groups in total. The first-order chi connectivity index (χ1) is 12.9. The molecule has 1 heterocycles. The fourth-order valence-electron chi connectivity index (χ4n) is 2.74. The topological polar surface area (TPSA) is 68.5 Å². The largest absolute Gasteiger partial charge is 0.464 e. The molecule has 5 nitrogen and oxygen atoms in total. The average molecular weight is 386 g/mol. The van der Waals surface area contributed by atoms with Crippen LogP contribution >= 0.6 is 11.6 Å². The molecule has 0 aliphatic rings. The molecule has 0 fully saturated rings. The van der Waals surface area contributed by atoms with Gasteiger partial charge in [-0.25, -0.2) is 0 Å². The van der Waals surface area contributed by atoms with Crippen molar-refractivity contribution in [3.8, 4) is 0 Å². The second kappa shape index (κ2) is 8.27. The molecule has 1 atom stereocenters. The second-order valence-electron chi connectivity index (χ2n) is 6.38. The lowest BCUT2D eigenvalue weighted by atomic mass is 10.1. The predicted octanol–water partition coefficient (Wildman–Crippen LogP) is 4.19. The minimum Gasteiger partial charge on any atom is -0.464 e. The van der Waals surface area contributed by atoms with Gasteiger partial charge in [0.15, 0.2) is 6.10 Å². The fourth-order valence-corrected chi connectivity index (χ4v) is 2.95. The number of halogens is 1. The number of nitrogens with one attached hydrogen (secondary N) is 1. The summed E-state index contributed by atoms with van der Waals surface area (Å²) in [6.45, 7) is 3.78. The number of carbonyl (C=O) groups is 2. The molecule has 0 spiro atoms. The summed E-state index contributed by atoms with van der Waals surface area (Å²) in [5.41, 5.74) is 3.34. The number of rotatable bonds is 6. The molecule has 2 aromatic carbocycles. The van der Waals surface area contributed by atoms with E-state index in [0.717, 1.165) is 27.7 Å². The Labute approximate surface area is 162 Å². The lowest BCUT2D eigenvalue weighted by Crippen LogP contribution is -2.35. The fraction of sp³-hybridized carbons (Fsp3) is 0.238. The van der Waals surface area contributed by atoms with Crippen molar-refractivity contribution in [1.29, 1.82) is 0 Å². The Morgan fingerprint density at radius 1 is 1.19 bits per heavy atom. The van der Waals surface area contributed by atoms with Gasteiger partial charge in [0.1, 0.15) is 5.58 Å². The van der Waals surface area contributed by atoms with E-state index in [1.165, 1.54) is 6.92 Å². The van der Waals surface area contributed by atoms with Crippen molar-refractivity contribution in [3.05, 3.63) is 70.4 Å². The zero-order valence-electron chi connectivity index (χ0n) is 15.1. The number of carbonyl (C=O) groups excluding carboxylic acids is 2. The standard InChI is InChI=1S/C21H20ClNO4/c1-13-7-8-17-16(12-26-19(17)9-13)10-20(24)27-14(2)21(25)23-11-15-5-3-4-6-18(15)22/h3-9,12,14H,10-11H2,1-2H3,(H,23,25)/t14-/m1/s1. The molecule has 1 amide bonds. The van der Waals surface area contributed by atoms with E-state index in [2.05, 4.69) is 5.32 Å². The van der Waals surface area contributed by atoms with Crippen LogP contribution in [0.1, 0.15) is 23.6 Å². The van der Waals surface area contributed by atoms with Gasteiger partial charge < -0.3 is 14.5 Å². The first kappa shape index (κ1) is 19.0. The molecule has 6 heteroatoms. The van der Waals surface area contributed by atoms with Gasteiger partial charge >= 0.3 is 5.97 Å². The monoisotopic (exact) mass is 385 g/mol. The van der Waals surface area contributed by atoms with E-state index in [0.29, 0.717) is 5.02 Å². The maximum atomic E-state index is 12.2. The highest BCUT2D eigenvalue weighted by molar-refractivity contribution is 6.31. The third kappa shape index (κ3) is 4.68. The molecule has 0 saturated carbocycles. The van der Waals surface area contributed by atoms with Crippen LogP contribution in [0.3, 0.4) is 0 Å². The number of aryl methyl sites for hydroxylation is 1. The molecule has 0 radical (unpaired) electrons. The summed E-state index contributed by atoms with van der Waals surface area (Å²) in [4.78, 5) is 24.4. The van der Waals surface area contributed by atoms with Crippen LogP contribution in [0.4, 0.5) is 0 Å². The van der Waals surface area contributed by atoms with E-state index >= 15 is 0 Å². The van der Waals surface area contributed by atoms with Crippen LogP contribution in [0.15, 0.2) is 53.1 Å². The molecular formula is C21H20ClNO4. The lowest BCUT2D eigenvalue weighted by Gasteiger charge is -2.14. The summed E-state index contributed by atoms with van der Waals surface area (Å²) in [7, 11) is 0. The van der Waals surface area contributed by atoms with Gasteiger partial charge in [0, 0.05) is 22.5 Å². The smallest absolute Gasteiger partial charge is 0.311 e. The van der Waals surface area contributed by atoms with Crippen molar-refractivity contribution >= 4 is 34.4 Å². The molecule has 3 aromatic rings. The molecule has 27 heavy (non-hydrogen) atoms. The van der Waals surface area contributed by atoms with Crippen molar-refractivity contribution in [1.82, 2.24) is 5.32 Å². The van der Waals surface area contributed by atoms with Gasteiger partial charge in [-0.1, -0.05) is 41.9 Å². The Kier molecular flexibility index (Phi) is 5.81. The summed E-state index contributed by atoms with van der Waals surface area (Å²) in [6, 6.07) is 13.0. The van der Waals surface area contributed by atoms with Crippen LogP contribution < -0.4 is 5.32 Å². The highest BCUT2D eigenvalue weighted by Crippen LogP contribution is 2.23. The minimum absolute atomic E-state index is 0.0399. The van der Waals surface area contributed by atoms with E-state index < -0.39 is 12.1 Å². The Morgan fingerprint density at radius 2 is 1.96 bits per heavy atom. The number of hydrogen-bond acceptors (Lipinski definition) is 4. The Bertz CT molecular complexity index is 979. The van der Waals surface area contributed by atoms with E-state index in [1.54, 1.807) is 12.3 Å². The molecule has 0 saturated heterocycles. The Hall–Kier alpha value is -2.79. The van der Waals surface area contributed by atoms with Gasteiger partial charge in [-0.3, -0.25) is 9.59 Å². The van der Waals surface area contributed by atoms with Gasteiger partial charge in [-0.15, -0.1) is 0 Å². The number of ether oxygens (including phenoxy) is 1. The maximum absolute atomic E-state index is 12.2. The maximum Gasteiger partial charge on any atom is 0.311 e. The number of hydrogen-bond donors (Lipinski definition) is 1. The molecule has 140 valence electrons. The summed E-state index contributed by atoms with van der Waals surface area (Å²) in [6.07, 6.45) is 0.687. The highest BCUT2D eigenvalue weighted by Gasteiger charge is 2.19. The Balaban J connectivity index is 1.55. The van der Waals surface area contributed by atoms with E-state index in [4.69, 9.17) is 20.8 Å². The van der Waals surface area contributed by atoms with Crippen molar-refractivity contribution in [2.24, 2.45) is 0 Å². The van der Waals surface area contributed by atoms with Crippen molar-refractivity contribution in [3.63, 3.8) is 0 Å². The number of furan rings is 1. The predicted molar refractivity (Wildman–Crippen MR) is 104 cm³/mol. The van der Waals surface area contributed by atoms with Crippen LogP contribution in [0.2, 0.25) is 5.02 Å². The first-order valence-corrected chi connectivity index (χ1v) is 8.99.